The minimum atomic E-state index is -0.403. The number of benzene rings is 3. The first kappa shape index (κ1) is 24.8. The van der Waals surface area contributed by atoms with Gasteiger partial charge in [-0.05, 0) is 48.1 Å². The number of nitrogens with one attached hydrogen (secondary N) is 2. The summed E-state index contributed by atoms with van der Waals surface area (Å²) in [5.41, 5.74) is 6.65. The second kappa shape index (κ2) is 10.6. The van der Waals surface area contributed by atoms with E-state index in [0.717, 1.165) is 28.3 Å². The van der Waals surface area contributed by atoms with E-state index in [4.69, 9.17) is 10.1 Å². The highest BCUT2D eigenvalue weighted by molar-refractivity contribution is 7.98. The molecule has 0 spiro atoms. The molecule has 0 radical (unpaired) electrons. The Morgan fingerprint density at radius 1 is 1.00 bits per heavy atom. The highest BCUT2D eigenvalue weighted by atomic mass is 32.2. The quantitative estimate of drug-likeness (QED) is 0.264. The van der Waals surface area contributed by atoms with Gasteiger partial charge in [-0.2, -0.15) is 4.98 Å². The lowest BCUT2D eigenvalue weighted by Gasteiger charge is -2.29. The van der Waals surface area contributed by atoms with Crippen LogP contribution in [0.2, 0.25) is 0 Å². The van der Waals surface area contributed by atoms with Gasteiger partial charge in [0, 0.05) is 17.1 Å². The Bertz CT molecular complexity index is 1440. The van der Waals surface area contributed by atoms with Crippen LogP contribution in [0.3, 0.4) is 0 Å². The third-order valence-electron chi connectivity index (χ3n) is 6.60. The van der Waals surface area contributed by atoms with Crippen molar-refractivity contribution in [3.63, 3.8) is 0 Å². The van der Waals surface area contributed by atoms with Gasteiger partial charge in [-0.3, -0.25) is 4.79 Å². The topological polar surface area (TPSA) is 71.8 Å². The molecule has 1 unspecified atom stereocenters. The number of fused-ring (bicyclic) bond motifs is 1. The Balaban J connectivity index is 1.51. The molecule has 0 saturated carbocycles. The molecule has 7 heteroatoms. The van der Waals surface area contributed by atoms with Crippen LogP contribution in [-0.4, -0.2) is 20.7 Å². The molecule has 1 amide bonds. The van der Waals surface area contributed by atoms with Gasteiger partial charge in [0.15, 0.2) is 0 Å². The SMILES string of the molecule is CC1=C(C(=O)Nc2ccccc2C)C(c2ccc(C(C)C)cc2)n2nc(SCc3ccccc3)nc2N1. The molecule has 1 atom stereocenters. The van der Waals surface area contributed by atoms with Crippen molar-refractivity contribution in [2.24, 2.45) is 0 Å². The summed E-state index contributed by atoms with van der Waals surface area (Å²) in [6, 6.07) is 26.1. The summed E-state index contributed by atoms with van der Waals surface area (Å²) in [5.74, 6) is 1.67. The van der Waals surface area contributed by atoms with Gasteiger partial charge in [-0.15, -0.1) is 5.10 Å². The molecule has 0 bridgehead atoms. The Hall–Kier alpha value is -3.84. The molecule has 6 nitrogen and oxygen atoms in total. The monoisotopic (exact) mass is 509 g/mol. The van der Waals surface area contributed by atoms with Crippen molar-refractivity contribution >= 4 is 29.3 Å². The van der Waals surface area contributed by atoms with E-state index in [-0.39, 0.29) is 5.91 Å². The second-order valence-electron chi connectivity index (χ2n) is 9.59. The first-order chi connectivity index (χ1) is 17.9. The van der Waals surface area contributed by atoms with Gasteiger partial charge >= 0.3 is 0 Å². The molecule has 2 N–H and O–H groups in total. The molecule has 2 heterocycles. The third kappa shape index (κ3) is 5.32. The summed E-state index contributed by atoms with van der Waals surface area (Å²) in [4.78, 5) is 18.5. The molecule has 1 aliphatic rings. The van der Waals surface area contributed by atoms with E-state index in [1.807, 2.05) is 61.0 Å². The largest absolute Gasteiger partial charge is 0.328 e. The predicted molar refractivity (Wildman–Crippen MR) is 151 cm³/mol. The lowest BCUT2D eigenvalue weighted by atomic mass is 9.92. The summed E-state index contributed by atoms with van der Waals surface area (Å²) in [5, 5.41) is 12.0. The number of aromatic nitrogens is 3. The van der Waals surface area contributed by atoms with Crippen LogP contribution in [0, 0.1) is 6.92 Å². The zero-order valence-corrected chi connectivity index (χ0v) is 22.3. The molecule has 1 aromatic heterocycles. The number of anilines is 2. The zero-order chi connectivity index (χ0) is 25.9. The highest BCUT2D eigenvalue weighted by Crippen LogP contribution is 2.37. The normalized spacial score (nSPS) is 14.9. The average Bonchev–Trinajstić information content (AvgIpc) is 3.31. The van der Waals surface area contributed by atoms with E-state index in [1.54, 1.807) is 11.8 Å². The number of amides is 1. The van der Waals surface area contributed by atoms with E-state index >= 15 is 0 Å². The minimum Gasteiger partial charge on any atom is -0.328 e. The fourth-order valence-electron chi connectivity index (χ4n) is 4.48. The predicted octanol–water partition coefficient (Wildman–Crippen LogP) is 6.93. The van der Waals surface area contributed by atoms with Crippen LogP contribution in [0.4, 0.5) is 11.6 Å². The van der Waals surface area contributed by atoms with Gasteiger partial charge in [0.25, 0.3) is 5.91 Å². The van der Waals surface area contributed by atoms with Gasteiger partial charge < -0.3 is 10.6 Å². The maximum atomic E-state index is 13.7. The maximum absolute atomic E-state index is 13.7. The molecule has 188 valence electrons. The number of allylic oxidation sites excluding steroid dienone is 1. The molecule has 37 heavy (non-hydrogen) atoms. The van der Waals surface area contributed by atoms with Crippen molar-refractivity contribution in [1.82, 2.24) is 14.8 Å². The van der Waals surface area contributed by atoms with Crippen molar-refractivity contribution in [3.8, 4) is 0 Å². The van der Waals surface area contributed by atoms with E-state index < -0.39 is 6.04 Å². The van der Waals surface area contributed by atoms with Crippen LogP contribution in [0.1, 0.15) is 55.0 Å². The van der Waals surface area contributed by atoms with E-state index in [2.05, 4.69) is 60.9 Å². The van der Waals surface area contributed by atoms with Gasteiger partial charge in [-0.1, -0.05) is 98.4 Å². The third-order valence-corrected chi connectivity index (χ3v) is 7.51. The first-order valence-corrected chi connectivity index (χ1v) is 13.5. The number of carbonyl (C=O) groups is 1. The van der Waals surface area contributed by atoms with E-state index in [1.165, 1.54) is 11.1 Å². The number of hydrogen-bond acceptors (Lipinski definition) is 5. The van der Waals surface area contributed by atoms with Crippen molar-refractivity contribution in [3.05, 3.63) is 112 Å². The zero-order valence-electron chi connectivity index (χ0n) is 21.5. The van der Waals surface area contributed by atoms with Gasteiger partial charge in [-0.25, -0.2) is 4.68 Å². The number of para-hydroxylation sites is 1. The Morgan fingerprint density at radius 2 is 1.70 bits per heavy atom. The van der Waals surface area contributed by atoms with Gasteiger partial charge in [0.1, 0.15) is 6.04 Å². The van der Waals surface area contributed by atoms with Crippen molar-refractivity contribution in [2.45, 2.75) is 50.6 Å². The molecular weight excluding hydrogens is 478 g/mol. The lowest BCUT2D eigenvalue weighted by Crippen LogP contribution is -2.31. The number of rotatable bonds is 7. The van der Waals surface area contributed by atoms with Crippen LogP contribution in [0.5, 0.6) is 0 Å². The van der Waals surface area contributed by atoms with Crippen LogP contribution in [0.15, 0.2) is 95.3 Å². The van der Waals surface area contributed by atoms with Gasteiger partial charge in [0.2, 0.25) is 11.1 Å². The van der Waals surface area contributed by atoms with Crippen LogP contribution < -0.4 is 10.6 Å². The molecule has 0 saturated heterocycles. The Morgan fingerprint density at radius 3 is 2.41 bits per heavy atom. The number of nitrogens with zero attached hydrogens (tertiary/aromatic N) is 3. The van der Waals surface area contributed by atoms with Crippen molar-refractivity contribution in [2.75, 3.05) is 10.6 Å². The summed E-state index contributed by atoms with van der Waals surface area (Å²) in [7, 11) is 0. The van der Waals surface area contributed by atoms with Crippen molar-refractivity contribution in [1.29, 1.82) is 0 Å². The van der Waals surface area contributed by atoms with E-state index in [0.29, 0.717) is 22.6 Å². The maximum Gasteiger partial charge on any atom is 0.255 e. The molecule has 3 aromatic carbocycles. The average molecular weight is 510 g/mol. The molecule has 4 aromatic rings. The molecule has 5 rings (SSSR count). The van der Waals surface area contributed by atoms with Crippen molar-refractivity contribution < 1.29 is 4.79 Å². The fourth-order valence-corrected chi connectivity index (χ4v) is 5.27. The van der Waals surface area contributed by atoms with Gasteiger partial charge in [0.05, 0.1) is 5.57 Å². The highest BCUT2D eigenvalue weighted by Gasteiger charge is 2.34. The molecule has 0 fully saturated rings. The number of hydrogen-bond donors (Lipinski definition) is 2. The molecule has 0 aliphatic carbocycles. The Kier molecular flexibility index (Phi) is 7.15. The second-order valence-corrected chi connectivity index (χ2v) is 10.5. The van der Waals surface area contributed by atoms with Crippen LogP contribution >= 0.6 is 11.8 Å². The smallest absolute Gasteiger partial charge is 0.255 e. The number of aryl methyl sites for hydroxylation is 1. The molecule has 1 aliphatic heterocycles. The van der Waals surface area contributed by atoms with E-state index in [9.17, 15) is 4.79 Å². The summed E-state index contributed by atoms with van der Waals surface area (Å²) in [6.45, 7) is 8.27. The summed E-state index contributed by atoms with van der Waals surface area (Å²) in [6.07, 6.45) is 0. The lowest BCUT2D eigenvalue weighted by molar-refractivity contribution is -0.113. The summed E-state index contributed by atoms with van der Waals surface area (Å²) < 4.78 is 1.84. The minimum absolute atomic E-state index is 0.156. The standard InChI is InChI=1S/C30H31N5OS/c1-19(2)23-14-16-24(17-15-23)27-26(28(36)32-25-13-9-8-10-20(25)3)21(4)31-29-33-30(34-35(27)29)37-18-22-11-6-5-7-12-22/h5-17,19,27H,18H2,1-4H3,(H,32,36)(H,31,33,34). The summed E-state index contributed by atoms with van der Waals surface area (Å²) >= 11 is 1.58. The van der Waals surface area contributed by atoms with Crippen LogP contribution in [0.25, 0.3) is 0 Å². The fraction of sp³-hybridized carbons (Fsp3) is 0.233. The molecular formula is C30H31N5OS. The number of carbonyl (C=O) groups excluding carboxylic acids is 1. The first-order valence-electron chi connectivity index (χ1n) is 12.5. The van der Waals surface area contributed by atoms with Crippen LogP contribution in [-0.2, 0) is 10.5 Å². The Labute approximate surface area is 222 Å². The number of thioether (sulfide) groups is 1.